The van der Waals surface area contributed by atoms with Crippen LogP contribution in [0.1, 0.15) is 33.9 Å². The van der Waals surface area contributed by atoms with E-state index in [0.29, 0.717) is 30.8 Å². The molecule has 0 aliphatic carbocycles. The SMILES string of the molecule is COc1ccccc1C(=O)N[C@@H](CCSC)C(=O)N1CCN(C(c2ccccc2)c2ccccc2)CC1. The zero-order valence-electron chi connectivity index (χ0n) is 21.5. The molecule has 6 nitrogen and oxygen atoms in total. The normalized spacial score (nSPS) is 14.8. The summed E-state index contributed by atoms with van der Waals surface area (Å²) < 4.78 is 5.35. The van der Waals surface area contributed by atoms with E-state index in [1.54, 1.807) is 37.1 Å². The lowest BCUT2D eigenvalue weighted by molar-refractivity contribution is -0.135. The first-order valence-corrected chi connectivity index (χ1v) is 14.1. The van der Waals surface area contributed by atoms with Crippen molar-refractivity contribution in [3.05, 3.63) is 102 Å². The standard InChI is InChI=1S/C30H35N3O3S/c1-36-27-16-10-9-15-25(27)29(34)31-26(17-22-37-2)30(35)33-20-18-32(19-21-33)28(23-11-5-3-6-12-23)24-13-7-4-8-14-24/h3-16,26,28H,17-22H2,1-2H3,(H,31,34)/t26-/m0/s1. The van der Waals surface area contributed by atoms with E-state index in [1.807, 2.05) is 29.4 Å². The second kappa shape index (κ2) is 13.3. The largest absolute Gasteiger partial charge is 0.496 e. The Balaban J connectivity index is 1.45. The van der Waals surface area contributed by atoms with Crippen molar-refractivity contribution in [3.8, 4) is 5.75 Å². The number of rotatable bonds is 10. The van der Waals surface area contributed by atoms with Crippen LogP contribution in [0.3, 0.4) is 0 Å². The third kappa shape index (κ3) is 6.73. The molecule has 194 valence electrons. The summed E-state index contributed by atoms with van der Waals surface area (Å²) in [5.74, 6) is 0.973. The van der Waals surface area contributed by atoms with E-state index in [4.69, 9.17) is 4.74 Å². The number of thioether (sulfide) groups is 1. The number of para-hydroxylation sites is 1. The molecule has 37 heavy (non-hydrogen) atoms. The Hall–Kier alpha value is -3.29. The average molecular weight is 518 g/mol. The Labute approximate surface area is 224 Å². The maximum absolute atomic E-state index is 13.6. The Morgan fingerprint density at radius 2 is 1.43 bits per heavy atom. The highest BCUT2D eigenvalue weighted by Crippen LogP contribution is 2.29. The van der Waals surface area contributed by atoms with E-state index in [2.05, 4.69) is 58.7 Å². The van der Waals surface area contributed by atoms with Crippen LogP contribution >= 0.6 is 11.8 Å². The first kappa shape index (κ1) is 26.8. The lowest BCUT2D eigenvalue weighted by atomic mass is 9.96. The molecule has 0 unspecified atom stereocenters. The minimum absolute atomic E-state index is 0.0204. The van der Waals surface area contributed by atoms with Gasteiger partial charge in [0.05, 0.1) is 18.7 Å². The van der Waals surface area contributed by atoms with Crippen LogP contribution in [0.5, 0.6) is 5.75 Å². The van der Waals surface area contributed by atoms with Crippen molar-refractivity contribution in [3.63, 3.8) is 0 Å². The molecule has 0 spiro atoms. The molecule has 0 bridgehead atoms. The molecule has 1 atom stereocenters. The van der Waals surface area contributed by atoms with Gasteiger partial charge in [0.25, 0.3) is 5.91 Å². The van der Waals surface area contributed by atoms with E-state index >= 15 is 0 Å². The zero-order chi connectivity index (χ0) is 26.0. The summed E-state index contributed by atoms with van der Waals surface area (Å²) >= 11 is 1.67. The molecule has 3 aromatic carbocycles. The lowest BCUT2D eigenvalue weighted by Crippen LogP contribution is -2.55. The van der Waals surface area contributed by atoms with Crippen LogP contribution < -0.4 is 10.1 Å². The summed E-state index contributed by atoms with van der Waals surface area (Å²) in [5, 5.41) is 2.99. The van der Waals surface area contributed by atoms with Gasteiger partial charge >= 0.3 is 0 Å². The molecule has 1 aliphatic heterocycles. The fourth-order valence-electron chi connectivity index (χ4n) is 4.87. The molecule has 2 amide bonds. The number of carbonyl (C=O) groups is 2. The fourth-order valence-corrected chi connectivity index (χ4v) is 5.34. The molecule has 1 fully saturated rings. The van der Waals surface area contributed by atoms with Crippen LogP contribution in [0.4, 0.5) is 0 Å². The lowest BCUT2D eigenvalue weighted by Gasteiger charge is -2.40. The van der Waals surface area contributed by atoms with Crippen molar-refractivity contribution in [1.29, 1.82) is 0 Å². The van der Waals surface area contributed by atoms with Crippen LogP contribution in [0, 0.1) is 0 Å². The number of carbonyl (C=O) groups excluding carboxylic acids is 2. The number of piperazine rings is 1. The predicted octanol–water partition coefficient (Wildman–Crippen LogP) is 4.48. The molecule has 1 saturated heterocycles. The summed E-state index contributed by atoms with van der Waals surface area (Å²) in [6.07, 6.45) is 2.59. The van der Waals surface area contributed by atoms with Crippen molar-refractivity contribution >= 4 is 23.6 Å². The summed E-state index contributed by atoms with van der Waals surface area (Å²) in [4.78, 5) is 31.0. The van der Waals surface area contributed by atoms with Gasteiger partial charge in [0.15, 0.2) is 0 Å². The van der Waals surface area contributed by atoms with Crippen LogP contribution in [0.2, 0.25) is 0 Å². The van der Waals surface area contributed by atoms with E-state index in [0.717, 1.165) is 18.8 Å². The number of hydrogen-bond donors (Lipinski definition) is 1. The molecule has 0 radical (unpaired) electrons. The van der Waals surface area contributed by atoms with Crippen molar-refractivity contribution in [2.75, 3.05) is 45.3 Å². The van der Waals surface area contributed by atoms with Gasteiger partial charge in [-0.15, -0.1) is 0 Å². The predicted molar refractivity (Wildman–Crippen MR) is 150 cm³/mol. The minimum Gasteiger partial charge on any atom is -0.496 e. The van der Waals surface area contributed by atoms with E-state index in [1.165, 1.54) is 11.1 Å². The summed E-state index contributed by atoms with van der Waals surface area (Å²) in [7, 11) is 1.54. The maximum Gasteiger partial charge on any atom is 0.255 e. The Morgan fingerprint density at radius 1 is 0.865 bits per heavy atom. The molecule has 3 aromatic rings. The highest BCUT2D eigenvalue weighted by Gasteiger charge is 2.32. The van der Waals surface area contributed by atoms with Crippen molar-refractivity contribution < 1.29 is 14.3 Å². The van der Waals surface area contributed by atoms with Gasteiger partial charge in [-0.3, -0.25) is 14.5 Å². The van der Waals surface area contributed by atoms with Gasteiger partial charge in [-0.1, -0.05) is 72.8 Å². The Bertz CT molecular complexity index is 1110. The quantitative estimate of drug-likeness (QED) is 0.430. The van der Waals surface area contributed by atoms with Gasteiger partial charge in [-0.05, 0) is 41.7 Å². The summed E-state index contributed by atoms with van der Waals surface area (Å²) in [6, 6.07) is 27.7. The van der Waals surface area contributed by atoms with Crippen LogP contribution in [0.25, 0.3) is 0 Å². The molecule has 1 N–H and O–H groups in total. The summed E-state index contributed by atoms with van der Waals surface area (Å²) in [5.41, 5.74) is 2.93. The molecule has 1 aliphatic rings. The van der Waals surface area contributed by atoms with Gasteiger partial charge < -0.3 is 15.0 Å². The topological polar surface area (TPSA) is 61.9 Å². The monoisotopic (exact) mass is 517 g/mol. The molecular weight excluding hydrogens is 482 g/mol. The number of ether oxygens (including phenoxy) is 1. The second-order valence-corrected chi connectivity index (χ2v) is 10.1. The third-order valence-electron chi connectivity index (χ3n) is 6.79. The van der Waals surface area contributed by atoms with Gasteiger partial charge in [-0.2, -0.15) is 11.8 Å². The second-order valence-electron chi connectivity index (χ2n) is 9.09. The molecule has 7 heteroatoms. The number of nitrogens with zero attached hydrogens (tertiary/aromatic N) is 2. The van der Waals surface area contributed by atoms with Gasteiger partial charge in [0, 0.05) is 26.2 Å². The fraction of sp³-hybridized carbons (Fsp3) is 0.333. The minimum atomic E-state index is -0.574. The van der Waals surface area contributed by atoms with E-state index < -0.39 is 6.04 Å². The van der Waals surface area contributed by atoms with Crippen molar-refractivity contribution in [2.24, 2.45) is 0 Å². The van der Waals surface area contributed by atoms with Gasteiger partial charge in [0.1, 0.15) is 11.8 Å². The highest BCUT2D eigenvalue weighted by molar-refractivity contribution is 7.98. The molecule has 0 saturated carbocycles. The highest BCUT2D eigenvalue weighted by atomic mass is 32.2. The van der Waals surface area contributed by atoms with Crippen molar-refractivity contribution in [1.82, 2.24) is 15.1 Å². The smallest absolute Gasteiger partial charge is 0.255 e. The Kier molecular flexibility index (Phi) is 9.63. The molecule has 1 heterocycles. The Morgan fingerprint density at radius 3 is 2.00 bits per heavy atom. The van der Waals surface area contributed by atoms with Crippen molar-refractivity contribution in [2.45, 2.75) is 18.5 Å². The maximum atomic E-state index is 13.6. The van der Waals surface area contributed by atoms with Crippen LogP contribution in [-0.4, -0.2) is 73.0 Å². The number of nitrogens with one attached hydrogen (secondary N) is 1. The van der Waals surface area contributed by atoms with Crippen LogP contribution in [0.15, 0.2) is 84.9 Å². The number of benzene rings is 3. The summed E-state index contributed by atoms with van der Waals surface area (Å²) in [6.45, 7) is 2.76. The zero-order valence-corrected chi connectivity index (χ0v) is 22.3. The third-order valence-corrected chi connectivity index (χ3v) is 7.43. The van der Waals surface area contributed by atoms with E-state index in [9.17, 15) is 9.59 Å². The molecule has 0 aromatic heterocycles. The molecule has 4 rings (SSSR count). The number of amides is 2. The first-order chi connectivity index (χ1) is 18.1. The first-order valence-electron chi connectivity index (χ1n) is 12.7. The molecular formula is C30H35N3O3S. The van der Waals surface area contributed by atoms with Crippen LogP contribution in [-0.2, 0) is 4.79 Å². The van der Waals surface area contributed by atoms with Gasteiger partial charge in [-0.25, -0.2) is 0 Å². The van der Waals surface area contributed by atoms with Gasteiger partial charge in [0.2, 0.25) is 5.91 Å². The number of hydrogen-bond acceptors (Lipinski definition) is 5. The average Bonchev–Trinajstić information content (AvgIpc) is 2.96. The number of methoxy groups -OCH3 is 1. The van der Waals surface area contributed by atoms with E-state index in [-0.39, 0.29) is 17.9 Å².